The van der Waals surface area contributed by atoms with Gasteiger partial charge in [-0.2, -0.15) is 0 Å². The summed E-state index contributed by atoms with van der Waals surface area (Å²) in [5, 5.41) is 11.0. The van der Waals surface area contributed by atoms with Crippen LogP contribution in [0.2, 0.25) is 0 Å². The Kier molecular flexibility index (Phi) is 6.08. The number of nitro benzene ring substituents is 1. The Bertz CT molecular complexity index is 794. The lowest BCUT2D eigenvalue weighted by molar-refractivity contribution is -0.384. The van der Waals surface area contributed by atoms with Gasteiger partial charge in [-0.3, -0.25) is 25.8 Å². The maximum Gasteiger partial charge on any atom is 0.294 e. The number of anilines is 1. The molecule has 0 aromatic heterocycles. The van der Waals surface area contributed by atoms with E-state index in [1.807, 2.05) is 12.1 Å². The highest BCUT2D eigenvalue weighted by atomic mass is 32.2. The quantitative estimate of drug-likeness (QED) is 0.437. The van der Waals surface area contributed by atoms with E-state index in [1.165, 1.54) is 12.1 Å². The number of nitrogens with zero attached hydrogens (tertiary/aromatic N) is 1. The molecular weight excluding hydrogens is 354 g/mol. The summed E-state index contributed by atoms with van der Waals surface area (Å²) in [7, 11) is 0. The van der Waals surface area contributed by atoms with Crippen molar-refractivity contribution in [2.45, 2.75) is 23.8 Å². The van der Waals surface area contributed by atoms with Gasteiger partial charge in [0.15, 0.2) is 0 Å². The molecule has 1 amide bonds. The zero-order chi connectivity index (χ0) is 18.4. The first-order valence-electron chi connectivity index (χ1n) is 8.28. The zero-order valence-electron chi connectivity index (χ0n) is 14.0. The molecule has 1 aliphatic rings. The summed E-state index contributed by atoms with van der Waals surface area (Å²) >= 11 is 1.58. The van der Waals surface area contributed by atoms with Crippen LogP contribution in [0.3, 0.4) is 0 Å². The molecule has 0 saturated carbocycles. The van der Waals surface area contributed by atoms with Gasteiger partial charge >= 0.3 is 0 Å². The second kappa shape index (κ2) is 8.68. The van der Waals surface area contributed by atoms with E-state index in [4.69, 9.17) is 4.74 Å². The van der Waals surface area contributed by atoms with Gasteiger partial charge in [-0.15, -0.1) is 11.8 Å². The van der Waals surface area contributed by atoms with Crippen molar-refractivity contribution in [2.24, 2.45) is 0 Å². The molecular formula is C18H19N3O4S. The molecule has 1 heterocycles. The number of rotatable bonds is 7. The van der Waals surface area contributed by atoms with E-state index in [1.54, 1.807) is 36.0 Å². The van der Waals surface area contributed by atoms with Gasteiger partial charge in [0.25, 0.3) is 11.6 Å². The highest BCUT2D eigenvalue weighted by molar-refractivity contribution is 7.99. The van der Waals surface area contributed by atoms with Crippen LogP contribution in [0.25, 0.3) is 0 Å². The number of ether oxygens (including phenoxy) is 1. The number of carbonyl (C=O) groups excluding carboxylic acids is 1. The Balaban J connectivity index is 1.65. The highest BCUT2D eigenvalue weighted by Crippen LogP contribution is 2.27. The monoisotopic (exact) mass is 373 g/mol. The van der Waals surface area contributed by atoms with Crippen LogP contribution >= 0.6 is 11.8 Å². The molecule has 8 heteroatoms. The molecule has 2 aromatic carbocycles. The minimum atomic E-state index is -0.500. The van der Waals surface area contributed by atoms with Crippen LogP contribution < -0.4 is 10.9 Å². The Labute approximate surface area is 155 Å². The maximum atomic E-state index is 12.5. The Morgan fingerprint density at radius 3 is 2.77 bits per heavy atom. The summed E-state index contributed by atoms with van der Waals surface area (Å²) in [4.78, 5) is 23.9. The van der Waals surface area contributed by atoms with Crippen LogP contribution in [-0.4, -0.2) is 29.3 Å². The fourth-order valence-corrected chi connectivity index (χ4v) is 3.79. The number of nitro groups is 1. The molecule has 0 radical (unpaired) electrons. The fourth-order valence-electron chi connectivity index (χ4n) is 2.67. The number of amides is 1. The molecule has 0 bridgehead atoms. The van der Waals surface area contributed by atoms with Crippen LogP contribution in [0.1, 0.15) is 23.2 Å². The molecule has 2 N–H and O–H groups in total. The summed E-state index contributed by atoms with van der Waals surface area (Å²) in [6.45, 7) is 0.799. The number of hydrogen-bond donors (Lipinski definition) is 2. The fraction of sp³-hybridized carbons (Fsp3) is 0.278. The summed E-state index contributed by atoms with van der Waals surface area (Å²) in [5.41, 5.74) is 5.83. The second-order valence-corrected chi connectivity index (χ2v) is 6.86. The third-order valence-electron chi connectivity index (χ3n) is 3.99. The number of carbonyl (C=O) groups is 1. The van der Waals surface area contributed by atoms with Gasteiger partial charge in [0.1, 0.15) is 5.69 Å². The first-order valence-corrected chi connectivity index (χ1v) is 9.27. The molecule has 0 aliphatic carbocycles. The standard InChI is InChI=1S/C18H19N3O4S/c22-18(20-19-15-8-2-3-9-16(15)21(23)24)14-7-1-4-10-17(14)26-12-13-6-5-11-25-13/h1-4,7-10,13,19H,5-6,11-12H2,(H,20,22)/t13-/m0/s1. The summed E-state index contributed by atoms with van der Waals surface area (Å²) in [6, 6.07) is 13.4. The molecule has 2 aromatic rings. The van der Waals surface area contributed by atoms with Gasteiger partial charge in [0, 0.05) is 23.3 Å². The van der Waals surface area contributed by atoms with Gasteiger partial charge in [0.05, 0.1) is 16.6 Å². The SMILES string of the molecule is O=C(NNc1ccccc1[N+](=O)[O-])c1ccccc1SC[C@@H]1CCCO1. The van der Waals surface area contributed by atoms with Gasteiger partial charge in [-0.1, -0.05) is 24.3 Å². The lowest BCUT2D eigenvalue weighted by Gasteiger charge is -2.13. The Morgan fingerprint density at radius 2 is 2.00 bits per heavy atom. The molecule has 26 heavy (non-hydrogen) atoms. The minimum absolute atomic E-state index is 0.103. The Hall–Kier alpha value is -2.58. The predicted molar refractivity (Wildman–Crippen MR) is 100 cm³/mol. The second-order valence-electron chi connectivity index (χ2n) is 5.80. The largest absolute Gasteiger partial charge is 0.377 e. The average molecular weight is 373 g/mol. The minimum Gasteiger partial charge on any atom is -0.377 e. The number of nitrogens with one attached hydrogen (secondary N) is 2. The van der Waals surface area contributed by atoms with Crippen molar-refractivity contribution in [3.05, 3.63) is 64.2 Å². The summed E-state index contributed by atoms with van der Waals surface area (Å²) in [6.07, 6.45) is 2.34. The van der Waals surface area contributed by atoms with Crippen LogP contribution in [0, 0.1) is 10.1 Å². The molecule has 7 nitrogen and oxygen atoms in total. The van der Waals surface area contributed by atoms with Crippen molar-refractivity contribution in [1.29, 1.82) is 0 Å². The molecule has 1 saturated heterocycles. The lowest BCUT2D eigenvalue weighted by Crippen LogP contribution is -2.30. The number of hydrogen-bond acceptors (Lipinski definition) is 6. The molecule has 0 unspecified atom stereocenters. The van der Waals surface area contributed by atoms with E-state index in [2.05, 4.69) is 10.9 Å². The van der Waals surface area contributed by atoms with Crippen molar-refractivity contribution >= 4 is 29.0 Å². The first kappa shape index (κ1) is 18.2. The topological polar surface area (TPSA) is 93.5 Å². The maximum absolute atomic E-state index is 12.5. The third-order valence-corrected chi connectivity index (χ3v) is 5.20. The van der Waals surface area contributed by atoms with Gasteiger partial charge in [0.2, 0.25) is 0 Å². The average Bonchev–Trinajstić information content (AvgIpc) is 3.18. The molecule has 1 fully saturated rings. The number of para-hydroxylation sites is 2. The van der Waals surface area contributed by atoms with Crippen molar-refractivity contribution in [3.63, 3.8) is 0 Å². The first-order chi connectivity index (χ1) is 12.6. The number of benzene rings is 2. The molecule has 1 aliphatic heterocycles. The van der Waals surface area contributed by atoms with Crippen LogP contribution in [0.4, 0.5) is 11.4 Å². The zero-order valence-corrected chi connectivity index (χ0v) is 14.8. The van der Waals surface area contributed by atoms with E-state index in [-0.39, 0.29) is 23.4 Å². The van der Waals surface area contributed by atoms with Crippen LogP contribution in [0.15, 0.2) is 53.4 Å². The van der Waals surface area contributed by atoms with Gasteiger partial charge < -0.3 is 4.74 Å². The smallest absolute Gasteiger partial charge is 0.294 e. The van der Waals surface area contributed by atoms with Crippen molar-refractivity contribution in [2.75, 3.05) is 17.8 Å². The highest BCUT2D eigenvalue weighted by Gasteiger charge is 2.18. The van der Waals surface area contributed by atoms with Crippen LogP contribution in [-0.2, 0) is 4.74 Å². The molecule has 0 spiro atoms. The van der Waals surface area contributed by atoms with Crippen molar-refractivity contribution < 1.29 is 14.5 Å². The molecule has 136 valence electrons. The van der Waals surface area contributed by atoms with Crippen molar-refractivity contribution in [3.8, 4) is 0 Å². The normalized spacial score (nSPS) is 16.2. The van der Waals surface area contributed by atoms with Crippen molar-refractivity contribution in [1.82, 2.24) is 5.43 Å². The van der Waals surface area contributed by atoms with Crippen LogP contribution in [0.5, 0.6) is 0 Å². The predicted octanol–water partition coefficient (Wildman–Crippen LogP) is 3.62. The van der Waals surface area contributed by atoms with Gasteiger partial charge in [-0.05, 0) is 31.0 Å². The molecule has 3 rings (SSSR count). The molecule has 1 atom stereocenters. The van der Waals surface area contributed by atoms with E-state index < -0.39 is 4.92 Å². The summed E-state index contributed by atoms with van der Waals surface area (Å²) in [5.74, 6) is 0.445. The Morgan fingerprint density at radius 1 is 1.23 bits per heavy atom. The number of hydrazine groups is 1. The van der Waals surface area contributed by atoms with Gasteiger partial charge in [-0.25, -0.2) is 0 Å². The third kappa shape index (κ3) is 4.53. The van der Waals surface area contributed by atoms with E-state index in [9.17, 15) is 14.9 Å². The van der Waals surface area contributed by atoms with E-state index in [0.717, 1.165) is 30.1 Å². The van der Waals surface area contributed by atoms with E-state index in [0.29, 0.717) is 5.56 Å². The van der Waals surface area contributed by atoms with E-state index >= 15 is 0 Å². The lowest BCUT2D eigenvalue weighted by atomic mass is 10.2. The number of thioether (sulfide) groups is 1. The summed E-state index contributed by atoms with van der Waals surface area (Å²) < 4.78 is 5.62.